The summed E-state index contributed by atoms with van der Waals surface area (Å²) in [6.07, 6.45) is 6.13. The first-order valence-electron chi connectivity index (χ1n) is 5.88. The zero-order valence-electron chi connectivity index (χ0n) is 10.1. The van der Waals surface area contributed by atoms with E-state index >= 15 is 0 Å². The summed E-state index contributed by atoms with van der Waals surface area (Å²) < 4.78 is 0. The van der Waals surface area contributed by atoms with Crippen molar-refractivity contribution in [1.29, 1.82) is 0 Å². The molecule has 0 bridgehead atoms. The maximum absolute atomic E-state index is 11.9. The number of carbonyl (C=O) groups is 1. The van der Waals surface area contributed by atoms with Gasteiger partial charge in [-0.25, -0.2) is 5.48 Å². The van der Waals surface area contributed by atoms with Crippen molar-refractivity contribution in [3.63, 3.8) is 0 Å². The summed E-state index contributed by atoms with van der Waals surface area (Å²) in [6.45, 7) is 3.76. The number of benzene rings is 1. The first-order chi connectivity index (χ1) is 8.26. The Morgan fingerprint density at radius 3 is 2.88 bits per heavy atom. The van der Waals surface area contributed by atoms with Crippen molar-refractivity contribution < 1.29 is 9.63 Å². The molecular formula is C14H17NO2. The number of fused-ring (bicyclic) bond motifs is 1. The largest absolute Gasteiger partial charge is 0.277 e. The summed E-state index contributed by atoms with van der Waals surface area (Å²) in [6, 6.07) is 4.01. The fourth-order valence-electron chi connectivity index (χ4n) is 2.36. The molecule has 1 N–H and O–H groups in total. The van der Waals surface area contributed by atoms with Crippen LogP contribution in [0.5, 0.6) is 0 Å². The van der Waals surface area contributed by atoms with Crippen LogP contribution >= 0.6 is 0 Å². The van der Waals surface area contributed by atoms with E-state index in [4.69, 9.17) is 4.84 Å². The van der Waals surface area contributed by atoms with Crippen LogP contribution in [0.15, 0.2) is 18.7 Å². The molecule has 0 spiro atoms. The Balaban J connectivity index is 2.47. The van der Waals surface area contributed by atoms with E-state index in [1.54, 1.807) is 6.08 Å². The second kappa shape index (κ2) is 5.15. The van der Waals surface area contributed by atoms with Crippen molar-refractivity contribution in [3.05, 3.63) is 41.0 Å². The van der Waals surface area contributed by atoms with Gasteiger partial charge in [-0.2, -0.15) is 0 Å². The van der Waals surface area contributed by atoms with Gasteiger partial charge in [-0.3, -0.25) is 9.63 Å². The maximum atomic E-state index is 11.9. The molecule has 0 heterocycles. The van der Waals surface area contributed by atoms with Crippen molar-refractivity contribution in [2.24, 2.45) is 0 Å². The molecule has 3 nitrogen and oxygen atoms in total. The average Bonchev–Trinajstić information content (AvgIpc) is 2.37. The van der Waals surface area contributed by atoms with Gasteiger partial charge in [0.05, 0.1) is 7.11 Å². The lowest BCUT2D eigenvalue weighted by molar-refractivity contribution is 0.0536. The normalized spacial score (nSPS) is 13.9. The maximum Gasteiger partial charge on any atom is 0.275 e. The van der Waals surface area contributed by atoms with E-state index in [1.807, 2.05) is 6.07 Å². The lowest BCUT2D eigenvalue weighted by Gasteiger charge is -2.19. The number of rotatable bonds is 3. The van der Waals surface area contributed by atoms with Gasteiger partial charge in [0.25, 0.3) is 5.91 Å². The van der Waals surface area contributed by atoms with Crippen molar-refractivity contribution in [3.8, 4) is 0 Å². The highest BCUT2D eigenvalue weighted by molar-refractivity contribution is 5.96. The number of carbonyl (C=O) groups excluding carboxylic acids is 1. The molecule has 0 saturated heterocycles. The van der Waals surface area contributed by atoms with Crippen molar-refractivity contribution in [1.82, 2.24) is 5.48 Å². The Labute approximate surface area is 101 Å². The van der Waals surface area contributed by atoms with Gasteiger partial charge in [0.1, 0.15) is 0 Å². The van der Waals surface area contributed by atoms with Crippen molar-refractivity contribution >= 4 is 12.0 Å². The predicted molar refractivity (Wildman–Crippen MR) is 67.7 cm³/mol. The molecule has 0 radical (unpaired) electrons. The third-order valence-electron chi connectivity index (χ3n) is 3.16. The molecule has 17 heavy (non-hydrogen) atoms. The SMILES string of the molecule is C=Cc1cc2c(c(C(=O)NOC)c1)CCCC2. The quantitative estimate of drug-likeness (QED) is 0.812. The summed E-state index contributed by atoms with van der Waals surface area (Å²) in [5.41, 5.74) is 6.54. The van der Waals surface area contributed by atoms with Gasteiger partial charge in [-0.15, -0.1) is 0 Å². The topological polar surface area (TPSA) is 38.3 Å². The Morgan fingerprint density at radius 1 is 1.41 bits per heavy atom. The molecule has 0 aromatic heterocycles. The van der Waals surface area contributed by atoms with E-state index in [0.717, 1.165) is 36.0 Å². The minimum atomic E-state index is -0.172. The Kier molecular flexibility index (Phi) is 3.59. The second-order valence-electron chi connectivity index (χ2n) is 4.25. The van der Waals surface area contributed by atoms with Gasteiger partial charge >= 0.3 is 0 Å². The van der Waals surface area contributed by atoms with E-state index in [0.29, 0.717) is 0 Å². The van der Waals surface area contributed by atoms with Gasteiger partial charge in [0.15, 0.2) is 0 Å². The van der Waals surface area contributed by atoms with Gasteiger partial charge in [-0.05, 0) is 48.4 Å². The number of aryl methyl sites for hydroxylation is 1. The zero-order valence-corrected chi connectivity index (χ0v) is 10.1. The van der Waals surface area contributed by atoms with Crippen LogP contribution < -0.4 is 5.48 Å². The first-order valence-corrected chi connectivity index (χ1v) is 5.88. The number of amides is 1. The minimum Gasteiger partial charge on any atom is -0.277 e. The highest BCUT2D eigenvalue weighted by Crippen LogP contribution is 2.26. The van der Waals surface area contributed by atoms with Gasteiger partial charge < -0.3 is 0 Å². The summed E-state index contributed by atoms with van der Waals surface area (Å²) in [5, 5.41) is 0. The fourth-order valence-corrected chi connectivity index (χ4v) is 2.36. The smallest absolute Gasteiger partial charge is 0.275 e. The molecule has 1 aromatic rings. The highest BCUT2D eigenvalue weighted by Gasteiger charge is 2.18. The standard InChI is InChI=1S/C14H17NO2/c1-3-10-8-11-6-4-5-7-12(11)13(9-10)14(16)15-17-2/h3,8-9H,1,4-7H2,2H3,(H,15,16). The summed E-state index contributed by atoms with van der Waals surface area (Å²) >= 11 is 0. The molecule has 1 aromatic carbocycles. The van der Waals surface area contributed by atoms with Gasteiger partial charge in [0.2, 0.25) is 0 Å². The number of nitrogens with one attached hydrogen (secondary N) is 1. The zero-order chi connectivity index (χ0) is 12.3. The van der Waals surface area contributed by atoms with E-state index in [2.05, 4.69) is 18.1 Å². The lowest BCUT2D eigenvalue weighted by atomic mass is 9.86. The Bertz CT molecular complexity index is 452. The molecule has 3 heteroatoms. The molecule has 0 atom stereocenters. The summed E-state index contributed by atoms with van der Waals surface area (Å²) in [7, 11) is 1.45. The number of hydrogen-bond acceptors (Lipinski definition) is 2. The summed E-state index contributed by atoms with van der Waals surface area (Å²) in [5.74, 6) is -0.172. The van der Waals surface area contributed by atoms with E-state index in [1.165, 1.54) is 19.1 Å². The molecule has 1 amide bonds. The molecule has 0 unspecified atom stereocenters. The van der Waals surface area contributed by atoms with Crippen LogP contribution in [0, 0.1) is 0 Å². The van der Waals surface area contributed by atoms with E-state index in [9.17, 15) is 4.79 Å². The average molecular weight is 231 g/mol. The van der Waals surface area contributed by atoms with Crippen LogP contribution in [0.3, 0.4) is 0 Å². The molecule has 1 aliphatic carbocycles. The highest BCUT2D eigenvalue weighted by atomic mass is 16.6. The summed E-state index contributed by atoms with van der Waals surface area (Å²) in [4.78, 5) is 16.6. The second-order valence-corrected chi connectivity index (χ2v) is 4.25. The van der Waals surface area contributed by atoms with Crippen LogP contribution in [-0.2, 0) is 17.7 Å². The van der Waals surface area contributed by atoms with Gasteiger partial charge in [-0.1, -0.05) is 18.7 Å². The Morgan fingerprint density at radius 2 is 2.18 bits per heavy atom. The number of hydrogen-bond donors (Lipinski definition) is 1. The predicted octanol–water partition coefficient (Wildman–Crippen LogP) is 2.50. The van der Waals surface area contributed by atoms with Crippen LogP contribution in [-0.4, -0.2) is 13.0 Å². The monoisotopic (exact) mass is 231 g/mol. The molecule has 0 saturated carbocycles. The molecule has 90 valence electrons. The fraction of sp³-hybridized carbons (Fsp3) is 0.357. The van der Waals surface area contributed by atoms with Crippen molar-refractivity contribution in [2.45, 2.75) is 25.7 Å². The number of hydroxylamine groups is 1. The first kappa shape index (κ1) is 11.9. The van der Waals surface area contributed by atoms with Crippen LogP contribution in [0.2, 0.25) is 0 Å². The molecule has 1 aliphatic rings. The van der Waals surface area contributed by atoms with Crippen LogP contribution in [0.25, 0.3) is 6.08 Å². The molecule has 0 fully saturated rings. The molecular weight excluding hydrogens is 214 g/mol. The van der Waals surface area contributed by atoms with E-state index < -0.39 is 0 Å². The minimum absolute atomic E-state index is 0.172. The third kappa shape index (κ3) is 2.39. The third-order valence-corrected chi connectivity index (χ3v) is 3.16. The lowest BCUT2D eigenvalue weighted by Crippen LogP contribution is -2.24. The van der Waals surface area contributed by atoms with Crippen LogP contribution in [0.1, 0.15) is 39.9 Å². The Hall–Kier alpha value is -1.61. The van der Waals surface area contributed by atoms with Crippen molar-refractivity contribution in [2.75, 3.05) is 7.11 Å². The van der Waals surface area contributed by atoms with Gasteiger partial charge in [0, 0.05) is 5.56 Å². The van der Waals surface area contributed by atoms with E-state index in [-0.39, 0.29) is 5.91 Å². The van der Waals surface area contributed by atoms with Crippen LogP contribution in [0.4, 0.5) is 0 Å². The molecule has 0 aliphatic heterocycles. The molecule has 2 rings (SSSR count).